The zero-order valence-electron chi connectivity index (χ0n) is 17.5. The molecule has 1 heterocycles. The maximum atomic E-state index is 2.56. The third kappa shape index (κ3) is 4.88. The highest BCUT2D eigenvalue weighted by Crippen LogP contribution is 2.44. The molecule has 1 aliphatic heterocycles. The molecule has 0 aromatic heterocycles. The number of hydrogen-bond acceptors (Lipinski definition) is 2. The minimum atomic E-state index is 0.205. The fraction of sp³-hybridized carbons (Fsp3) is 0.714. The largest absolute Gasteiger partial charge is 0.330 e. The van der Waals surface area contributed by atoms with Crippen LogP contribution in [0, 0.1) is 16.7 Å². The fourth-order valence-corrected chi connectivity index (χ4v) is 4.96. The molecule has 3 unspecified atom stereocenters. The van der Waals surface area contributed by atoms with Crippen molar-refractivity contribution in [2.24, 2.45) is 16.7 Å². The Morgan fingerprint density at radius 3 is 2.40 bits per heavy atom. The van der Waals surface area contributed by atoms with Crippen LogP contribution in [0.2, 0.25) is 0 Å². The third-order valence-electron chi connectivity index (χ3n) is 6.44. The summed E-state index contributed by atoms with van der Waals surface area (Å²) in [6.07, 6.45) is 0. The van der Waals surface area contributed by atoms with Crippen molar-refractivity contribution < 1.29 is 0 Å². The summed E-state index contributed by atoms with van der Waals surface area (Å²) in [7, 11) is 5.67. The van der Waals surface area contributed by atoms with E-state index in [9.17, 15) is 0 Å². The van der Waals surface area contributed by atoms with E-state index < -0.39 is 0 Å². The van der Waals surface area contributed by atoms with Crippen LogP contribution >= 0.6 is 8.46 Å². The quantitative estimate of drug-likeness (QED) is 0.506. The Balaban J connectivity index is 2.20. The van der Waals surface area contributed by atoms with Gasteiger partial charge in [-0.15, -0.1) is 8.46 Å². The molecule has 1 aromatic rings. The molecular formula is C21H37BN2P. The van der Waals surface area contributed by atoms with Crippen molar-refractivity contribution in [3.8, 4) is 0 Å². The molecule has 2 nitrogen and oxygen atoms in total. The van der Waals surface area contributed by atoms with E-state index >= 15 is 0 Å². The fourth-order valence-electron chi connectivity index (χ4n) is 3.81. The summed E-state index contributed by atoms with van der Waals surface area (Å²) < 4.78 is 0. The van der Waals surface area contributed by atoms with E-state index in [1.54, 1.807) is 0 Å². The van der Waals surface area contributed by atoms with Crippen LogP contribution in [-0.4, -0.2) is 42.8 Å². The van der Waals surface area contributed by atoms with Gasteiger partial charge in [0.25, 0.3) is 0 Å². The van der Waals surface area contributed by atoms with E-state index in [-0.39, 0.29) is 5.41 Å². The summed E-state index contributed by atoms with van der Waals surface area (Å²) in [5.41, 5.74) is 2.81. The van der Waals surface area contributed by atoms with Gasteiger partial charge in [-0.3, -0.25) is 4.90 Å². The molecule has 1 fully saturated rings. The second-order valence-corrected chi connectivity index (χ2v) is 10.9. The van der Waals surface area contributed by atoms with E-state index in [1.807, 2.05) is 0 Å². The average Bonchev–Trinajstić information content (AvgIpc) is 2.51. The minimum absolute atomic E-state index is 0.205. The van der Waals surface area contributed by atoms with Crippen molar-refractivity contribution in [3.05, 3.63) is 35.9 Å². The first-order valence-corrected chi connectivity index (χ1v) is 10.8. The van der Waals surface area contributed by atoms with Crippen molar-refractivity contribution >= 4 is 15.6 Å². The number of nitrogens with zero attached hydrogens (tertiary/aromatic N) is 2. The van der Waals surface area contributed by atoms with Gasteiger partial charge < -0.3 is 4.81 Å². The lowest BCUT2D eigenvalue weighted by atomic mass is 9.71. The molecule has 25 heavy (non-hydrogen) atoms. The Bertz CT molecular complexity index is 544. The second kappa shape index (κ2) is 8.11. The van der Waals surface area contributed by atoms with Crippen LogP contribution in [0.15, 0.2) is 30.3 Å². The maximum Gasteiger partial charge on any atom is 0.241 e. The van der Waals surface area contributed by atoms with Crippen LogP contribution in [0.3, 0.4) is 0 Å². The van der Waals surface area contributed by atoms with Crippen LogP contribution in [0.4, 0.5) is 0 Å². The van der Waals surface area contributed by atoms with Gasteiger partial charge in [-0.25, -0.2) is 0 Å². The molecule has 2 rings (SSSR count). The second-order valence-electron chi connectivity index (χ2n) is 9.44. The number of benzene rings is 1. The zero-order chi connectivity index (χ0) is 18.8. The van der Waals surface area contributed by atoms with E-state index in [1.165, 1.54) is 5.56 Å². The van der Waals surface area contributed by atoms with Crippen molar-refractivity contribution in [2.45, 2.75) is 60.2 Å². The van der Waals surface area contributed by atoms with E-state index in [0.717, 1.165) is 27.3 Å². The van der Waals surface area contributed by atoms with Gasteiger partial charge in [0.15, 0.2) is 0 Å². The van der Waals surface area contributed by atoms with Gasteiger partial charge in [0, 0.05) is 12.7 Å². The molecule has 0 bridgehead atoms. The maximum absolute atomic E-state index is 2.56. The molecule has 1 aromatic carbocycles. The highest BCUT2D eigenvalue weighted by molar-refractivity contribution is 7.71. The van der Waals surface area contributed by atoms with Crippen molar-refractivity contribution in [1.82, 2.24) is 9.71 Å². The molecule has 0 amide bonds. The molecule has 1 aliphatic rings. The van der Waals surface area contributed by atoms with Gasteiger partial charge in [0.05, 0.1) is 0 Å². The van der Waals surface area contributed by atoms with Crippen LogP contribution in [0.1, 0.15) is 60.1 Å². The summed E-state index contributed by atoms with van der Waals surface area (Å²) in [6.45, 7) is 18.9. The minimum Gasteiger partial charge on any atom is -0.330 e. The first kappa shape index (κ1) is 20.9. The van der Waals surface area contributed by atoms with Crippen molar-refractivity contribution in [1.29, 1.82) is 0 Å². The molecule has 1 radical (unpaired) electrons. The summed E-state index contributed by atoms with van der Waals surface area (Å²) in [5.74, 6) is 0.615. The summed E-state index contributed by atoms with van der Waals surface area (Å²) in [4.78, 5) is 5.10. The first-order chi connectivity index (χ1) is 11.6. The zero-order valence-corrected chi connectivity index (χ0v) is 18.5. The Hall–Kier alpha value is -0.365. The highest BCUT2D eigenvalue weighted by atomic mass is 31.1. The molecule has 3 atom stereocenters. The van der Waals surface area contributed by atoms with Gasteiger partial charge >= 0.3 is 0 Å². The lowest BCUT2D eigenvalue weighted by Gasteiger charge is -2.48. The summed E-state index contributed by atoms with van der Waals surface area (Å²) >= 11 is 0. The topological polar surface area (TPSA) is 6.48 Å². The lowest BCUT2D eigenvalue weighted by molar-refractivity contribution is 0.0415. The SMILES string of the molecule is CC1P[B]N(CN(C)C(c2ccccc2)C(C)(C)C(C)C)CC1(C)C. The smallest absolute Gasteiger partial charge is 0.241 e. The van der Waals surface area contributed by atoms with Gasteiger partial charge in [-0.05, 0) is 41.6 Å². The molecule has 139 valence electrons. The van der Waals surface area contributed by atoms with Crippen LogP contribution in [0.25, 0.3) is 0 Å². The first-order valence-electron chi connectivity index (χ1n) is 9.64. The van der Waals surface area contributed by atoms with Gasteiger partial charge in [-0.2, -0.15) is 0 Å². The molecule has 0 spiro atoms. The highest BCUT2D eigenvalue weighted by Gasteiger charge is 2.39. The number of hydrogen-bond donors (Lipinski definition) is 0. The Kier molecular flexibility index (Phi) is 6.80. The monoisotopic (exact) mass is 359 g/mol. The van der Waals surface area contributed by atoms with E-state index in [0.29, 0.717) is 17.4 Å². The van der Waals surface area contributed by atoms with Gasteiger partial charge in [0.1, 0.15) is 0 Å². The standard InChI is InChI=1S/C21H37BN2P/c1-16(2)21(6,7)19(18-12-10-9-11-13-18)23(8)15-24-14-20(4,5)17(3)25-22-24/h9-13,16-17,19,25H,14-15H2,1-8H3. The summed E-state index contributed by atoms with van der Waals surface area (Å²) in [6, 6.07) is 11.5. The number of rotatable bonds is 6. The Morgan fingerprint density at radius 1 is 1.28 bits per heavy atom. The molecule has 0 saturated carbocycles. The van der Waals surface area contributed by atoms with E-state index in [2.05, 4.69) is 103 Å². The van der Waals surface area contributed by atoms with Crippen molar-refractivity contribution in [2.75, 3.05) is 20.3 Å². The molecule has 0 N–H and O–H groups in total. The van der Waals surface area contributed by atoms with Crippen LogP contribution in [-0.2, 0) is 0 Å². The molecule has 4 heteroatoms. The molecule has 0 aliphatic carbocycles. The van der Waals surface area contributed by atoms with Gasteiger partial charge in [-0.1, -0.05) is 78.8 Å². The van der Waals surface area contributed by atoms with E-state index in [4.69, 9.17) is 0 Å². The summed E-state index contributed by atoms with van der Waals surface area (Å²) in [5, 5.41) is 0. The predicted molar refractivity (Wildman–Crippen MR) is 114 cm³/mol. The normalized spacial score (nSPS) is 23.8. The van der Waals surface area contributed by atoms with Gasteiger partial charge in [0.2, 0.25) is 7.13 Å². The predicted octanol–water partition coefficient (Wildman–Crippen LogP) is 5.24. The Labute approximate surface area is 158 Å². The third-order valence-corrected chi connectivity index (χ3v) is 8.24. The van der Waals surface area contributed by atoms with Crippen LogP contribution in [0.5, 0.6) is 0 Å². The molecule has 1 saturated heterocycles. The average molecular weight is 359 g/mol. The Morgan fingerprint density at radius 2 is 1.88 bits per heavy atom. The van der Waals surface area contributed by atoms with Crippen molar-refractivity contribution in [3.63, 3.8) is 0 Å². The molecular weight excluding hydrogens is 322 g/mol. The van der Waals surface area contributed by atoms with Crippen LogP contribution < -0.4 is 0 Å². The lowest BCUT2D eigenvalue weighted by Crippen LogP contribution is -2.51.